The van der Waals surface area contributed by atoms with Crippen molar-refractivity contribution in [3.63, 3.8) is 0 Å². The van der Waals surface area contributed by atoms with Crippen LogP contribution in [0.3, 0.4) is 0 Å². The smallest absolute Gasteiger partial charge is 0.175 e. The van der Waals surface area contributed by atoms with Gasteiger partial charge in [0, 0.05) is 6.26 Å². The largest absolute Gasteiger partial charge is 0.491 e. The van der Waals surface area contributed by atoms with Crippen molar-refractivity contribution < 1.29 is 13.2 Å². The summed E-state index contributed by atoms with van der Waals surface area (Å²) in [5.74, 6) is 0.441. The number of benzene rings is 1. The lowest BCUT2D eigenvalue weighted by Gasteiger charge is -2.12. The van der Waals surface area contributed by atoms with Gasteiger partial charge in [0.25, 0.3) is 0 Å². The van der Waals surface area contributed by atoms with Crippen molar-refractivity contribution in [2.24, 2.45) is 0 Å². The van der Waals surface area contributed by atoms with E-state index in [0.717, 1.165) is 6.26 Å². The normalized spacial score (nSPS) is 12.7. The van der Waals surface area contributed by atoms with E-state index in [-0.39, 0.29) is 11.5 Å². The van der Waals surface area contributed by atoms with Gasteiger partial charge in [0.2, 0.25) is 0 Å². The monoisotopic (exact) mass is 268 g/mol. The number of nitrogens with one attached hydrogen (secondary N) is 1. The molecule has 0 radical (unpaired) electrons. The van der Waals surface area contributed by atoms with Gasteiger partial charge in [0.1, 0.15) is 18.4 Å². The molecule has 0 aliphatic rings. The van der Waals surface area contributed by atoms with E-state index in [4.69, 9.17) is 10.00 Å². The minimum atomic E-state index is -3.24. The molecule has 5 nitrogen and oxygen atoms in total. The number of likely N-dealkylation sites (N-methyl/N-ethyl adjacent to an activating group) is 1. The van der Waals surface area contributed by atoms with Gasteiger partial charge in [-0.15, -0.1) is 0 Å². The molecule has 0 fully saturated rings. The lowest BCUT2D eigenvalue weighted by molar-refractivity contribution is 0.290. The highest BCUT2D eigenvalue weighted by atomic mass is 32.2. The fourth-order valence-corrected chi connectivity index (χ4v) is 2.02. The fourth-order valence-electron chi connectivity index (χ4n) is 1.36. The van der Waals surface area contributed by atoms with E-state index in [2.05, 4.69) is 11.4 Å². The maximum atomic E-state index is 11.4. The topological polar surface area (TPSA) is 79.2 Å². The molecule has 0 aliphatic carbocycles. The third-order valence-corrected chi connectivity index (χ3v) is 3.37. The van der Waals surface area contributed by atoms with Crippen molar-refractivity contribution in [1.29, 1.82) is 5.26 Å². The van der Waals surface area contributed by atoms with Crippen LogP contribution in [-0.4, -0.2) is 33.9 Å². The van der Waals surface area contributed by atoms with Crippen LogP contribution in [0, 0.1) is 11.3 Å². The second kappa shape index (κ2) is 6.38. The Balaban J connectivity index is 2.72. The first-order valence-corrected chi connectivity index (χ1v) is 7.42. The highest BCUT2D eigenvalue weighted by Gasteiger charge is 2.10. The first-order valence-electron chi connectivity index (χ1n) is 5.53. The number of hydrogen-bond acceptors (Lipinski definition) is 5. The number of hydrogen-bond donors (Lipinski definition) is 1. The Bertz CT molecular complexity index is 534. The van der Waals surface area contributed by atoms with Gasteiger partial charge in [0.15, 0.2) is 9.84 Å². The van der Waals surface area contributed by atoms with Crippen LogP contribution in [-0.2, 0) is 9.84 Å². The van der Waals surface area contributed by atoms with Gasteiger partial charge in [-0.25, -0.2) is 8.42 Å². The van der Waals surface area contributed by atoms with E-state index < -0.39 is 15.9 Å². The summed E-state index contributed by atoms with van der Waals surface area (Å²) in [5.41, 5.74) is 0. The highest BCUT2D eigenvalue weighted by Crippen LogP contribution is 2.17. The SMILES string of the molecule is CCNC(C#N)COc1cccc(S(C)(=O)=O)c1. The van der Waals surface area contributed by atoms with Crippen LogP contribution >= 0.6 is 0 Å². The van der Waals surface area contributed by atoms with Crippen LogP contribution in [0.5, 0.6) is 5.75 Å². The van der Waals surface area contributed by atoms with E-state index in [0.29, 0.717) is 12.3 Å². The summed E-state index contributed by atoms with van der Waals surface area (Å²) in [4.78, 5) is 0.206. The van der Waals surface area contributed by atoms with Crippen molar-refractivity contribution in [2.75, 3.05) is 19.4 Å². The lowest BCUT2D eigenvalue weighted by atomic mass is 10.3. The summed E-state index contributed by atoms with van der Waals surface area (Å²) < 4.78 is 28.1. The molecule has 0 heterocycles. The zero-order chi connectivity index (χ0) is 13.6. The predicted octanol–water partition coefficient (Wildman–Crippen LogP) is 0.971. The Morgan fingerprint density at radius 3 is 2.78 bits per heavy atom. The average Bonchev–Trinajstić information content (AvgIpc) is 2.34. The molecule has 0 saturated carbocycles. The van der Waals surface area contributed by atoms with E-state index in [9.17, 15) is 8.42 Å². The number of nitrogens with zero attached hydrogens (tertiary/aromatic N) is 1. The zero-order valence-corrected chi connectivity index (χ0v) is 11.2. The summed E-state index contributed by atoms with van der Waals surface area (Å²) >= 11 is 0. The molecular weight excluding hydrogens is 252 g/mol. The standard InChI is InChI=1S/C12H16N2O3S/c1-3-14-10(8-13)9-17-11-5-4-6-12(7-11)18(2,15)16/h4-7,10,14H,3,9H2,1-2H3. The first kappa shape index (κ1) is 14.5. The van der Waals surface area contributed by atoms with Crippen molar-refractivity contribution in [2.45, 2.75) is 17.9 Å². The lowest BCUT2D eigenvalue weighted by Crippen LogP contribution is -2.33. The molecule has 1 atom stereocenters. The molecule has 98 valence electrons. The van der Waals surface area contributed by atoms with Crippen molar-refractivity contribution in [3.05, 3.63) is 24.3 Å². The maximum Gasteiger partial charge on any atom is 0.175 e. The molecule has 0 saturated heterocycles. The molecule has 0 spiro atoms. The molecular formula is C12H16N2O3S. The molecule has 6 heteroatoms. The average molecular weight is 268 g/mol. The molecule has 1 unspecified atom stereocenters. The summed E-state index contributed by atoms with van der Waals surface area (Å²) in [6.45, 7) is 2.75. The Hall–Kier alpha value is -1.58. The van der Waals surface area contributed by atoms with Gasteiger partial charge in [-0.1, -0.05) is 13.0 Å². The zero-order valence-electron chi connectivity index (χ0n) is 10.4. The first-order chi connectivity index (χ1) is 8.47. The summed E-state index contributed by atoms with van der Waals surface area (Å²) in [7, 11) is -3.24. The Kier molecular flexibility index (Phi) is 5.13. The van der Waals surface area contributed by atoms with Crippen molar-refractivity contribution >= 4 is 9.84 Å². The predicted molar refractivity (Wildman–Crippen MR) is 68.1 cm³/mol. The third-order valence-electron chi connectivity index (χ3n) is 2.26. The molecule has 0 aromatic heterocycles. The van der Waals surface area contributed by atoms with Gasteiger partial charge < -0.3 is 4.74 Å². The van der Waals surface area contributed by atoms with Gasteiger partial charge in [-0.2, -0.15) is 5.26 Å². The van der Waals surface area contributed by atoms with Crippen LogP contribution < -0.4 is 10.1 Å². The van der Waals surface area contributed by atoms with Gasteiger partial charge in [-0.05, 0) is 24.7 Å². The van der Waals surface area contributed by atoms with Gasteiger partial charge in [-0.3, -0.25) is 5.32 Å². The van der Waals surface area contributed by atoms with Crippen LogP contribution in [0.15, 0.2) is 29.2 Å². The molecule has 1 rings (SSSR count). The van der Waals surface area contributed by atoms with Crippen molar-refractivity contribution in [1.82, 2.24) is 5.32 Å². The second-order valence-electron chi connectivity index (χ2n) is 3.80. The summed E-state index contributed by atoms with van der Waals surface area (Å²) in [6, 6.07) is 7.89. The molecule has 18 heavy (non-hydrogen) atoms. The molecule has 1 N–H and O–H groups in total. The van der Waals surface area contributed by atoms with Crippen LogP contribution in [0.4, 0.5) is 0 Å². The van der Waals surface area contributed by atoms with E-state index >= 15 is 0 Å². The van der Waals surface area contributed by atoms with Gasteiger partial charge >= 0.3 is 0 Å². The summed E-state index contributed by atoms with van der Waals surface area (Å²) in [6.07, 6.45) is 1.14. The van der Waals surface area contributed by atoms with E-state index in [1.54, 1.807) is 12.1 Å². The van der Waals surface area contributed by atoms with E-state index in [1.807, 2.05) is 6.92 Å². The van der Waals surface area contributed by atoms with E-state index in [1.165, 1.54) is 12.1 Å². The molecule has 1 aromatic rings. The Morgan fingerprint density at radius 1 is 1.50 bits per heavy atom. The number of sulfone groups is 1. The van der Waals surface area contributed by atoms with Crippen molar-refractivity contribution in [3.8, 4) is 11.8 Å². The fraction of sp³-hybridized carbons (Fsp3) is 0.417. The number of ether oxygens (including phenoxy) is 1. The second-order valence-corrected chi connectivity index (χ2v) is 5.81. The summed E-state index contributed by atoms with van der Waals surface area (Å²) in [5, 5.41) is 11.8. The molecule has 0 amide bonds. The molecule has 0 aliphatic heterocycles. The Labute approximate surface area is 107 Å². The Morgan fingerprint density at radius 2 is 2.22 bits per heavy atom. The highest BCUT2D eigenvalue weighted by molar-refractivity contribution is 7.90. The molecule has 0 bridgehead atoms. The number of nitriles is 1. The van der Waals surface area contributed by atoms with Crippen LogP contribution in [0.1, 0.15) is 6.92 Å². The third kappa shape index (κ3) is 4.35. The van der Waals surface area contributed by atoms with Crippen LogP contribution in [0.25, 0.3) is 0 Å². The molecule has 1 aromatic carbocycles. The minimum absolute atomic E-state index is 0.178. The maximum absolute atomic E-state index is 11.4. The van der Waals surface area contributed by atoms with Crippen LogP contribution in [0.2, 0.25) is 0 Å². The number of rotatable bonds is 6. The minimum Gasteiger partial charge on any atom is -0.491 e. The quantitative estimate of drug-likeness (QED) is 0.831. The van der Waals surface area contributed by atoms with Gasteiger partial charge in [0.05, 0.1) is 11.0 Å².